The number of hydrogen-bond donors (Lipinski definition) is 0. The molecule has 3 heteroatoms. The highest BCUT2D eigenvalue weighted by atomic mass is 14.9. The lowest BCUT2D eigenvalue weighted by Crippen LogP contribution is -2.15. The first-order valence-electron chi connectivity index (χ1n) is 18.9. The van der Waals surface area contributed by atoms with E-state index in [0.717, 1.165) is 39.2 Å². The summed E-state index contributed by atoms with van der Waals surface area (Å²) in [6, 6.07) is 59.3. The van der Waals surface area contributed by atoms with Crippen molar-refractivity contribution in [3.8, 4) is 67.3 Å². The van der Waals surface area contributed by atoms with Crippen LogP contribution in [0.1, 0.15) is 25.0 Å². The summed E-state index contributed by atoms with van der Waals surface area (Å²) in [6.45, 7) is 4.63. The maximum atomic E-state index is 5.28. The van der Waals surface area contributed by atoms with Gasteiger partial charge >= 0.3 is 0 Å². The summed E-state index contributed by atoms with van der Waals surface area (Å²) in [5.41, 5.74) is 14.6. The second-order valence-electron chi connectivity index (χ2n) is 15.3. The third-order valence-corrected chi connectivity index (χ3v) is 11.8. The van der Waals surface area contributed by atoms with Crippen molar-refractivity contribution < 1.29 is 0 Å². The zero-order valence-electron chi connectivity index (χ0n) is 30.6. The monoisotopic (exact) mass is 701 g/mol. The molecule has 258 valence electrons. The van der Waals surface area contributed by atoms with Crippen LogP contribution in [-0.4, -0.2) is 15.0 Å². The van der Waals surface area contributed by atoms with E-state index in [0.29, 0.717) is 5.82 Å². The van der Waals surface area contributed by atoms with Crippen LogP contribution >= 0.6 is 0 Å². The molecule has 0 amide bonds. The van der Waals surface area contributed by atoms with Gasteiger partial charge in [0, 0.05) is 34.5 Å². The summed E-state index contributed by atoms with van der Waals surface area (Å²) in [6.07, 6.45) is 3.70. The number of benzene rings is 8. The van der Waals surface area contributed by atoms with Gasteiger partial charge in [-0.3, -0.25) is 4.98 Å². The molecule has 55 heavy (non-hydrogen) atoms. The Morgan fingerprint density at radius 2 is 1.00 bits per heavy atom. The first kappa shape index (κ1) is 31.5. The minimum Gasteiger partial charge on any atom is -0.264 e. The molecule has 8 aromatic carbocycles. The van der Waals surface area contributed by atoms with Gasteiger partial charge in [0.2, 0.25) is 0 Å². The highest BCUT2D eigenvalue weighted by Gasteiger charge is 2.35. The number of pyridine rings is 1. The Bertz CT molecular complexity index is 3070. The Kier molecular flexibility index (Phi) is 6.90. The molecule has 1 aliphatic rings. The van der Waals surface area contributed by atoms with E-state index in [1.165, 1.54) is 65.7 Å². The van der Waals surface area contributed by atoms with E-state index in [1.807, 2.05) is 12.3 Å². The van der Waals surface area contributed by atoms with Crippen molar-refractivity contribution in [1.29, 1.82) is 0 Å². The summed E-state index contributed by atoms with van der Waals surface area (Å²) in [7, 11) is 0. The molecule has 0 saturated carbocycles. The molecule has 3 nitrogen and oxygen atoms in total. The number of aromatic nitrogens is 3. The molecule has 0 unspecified atom stereocenters. The SMILES string of the molecule is CC1(C)c2ccccc2-c2ccc(-c3nc(-c4ccc(-c5cccnc5)cc4)cc(-c4ccc(-c5ccc6ccc7cccc8ccc5c6c78)cc4)n3)cc21. The molecular weight excluding hydrogens is 667 g/mol. The summed E-state index contributed by atoms with van der Waals surface area (Å²) < 4.78 is 0. The lowest BCUT2D eigenvalue weighted by atomic mass is 9.82. The molecule has 1 aliphatic carbocycles. The summed E-state index contributed by atoms with van der Waals surface area (Å²) >= 11 is 0. The second kappa shape index (κ2) is 12.0. The fourth-order valence-electron chi connectivity index (χ4n) is 8.89. The predicted octanol–water partition coefficient (Wildman–Crippen LogP) is 13.4. The molecule has 0 atom stereocenters. The average molecular weight is 702 g/mol. The van der Waals surface area contributed by atoms with Gasteiger partial charge in [-0.1, -0.05) is 159 Å². The molecule has 0 fully saturated rings. The summed E-state index contributed by atoms with van der Waals surface area (Å²) in [5, 5.41) is 7.77. The summed E-state index contributed by atoms with van der Waals surface area (Å²) in [5.74, 6) is 0.717. The quantitative estimate of drug-likeness (QED) is 0.168. The van der Waals surface area contributed by atoms with Crippen LogP contribution in [0.25, 0.3) is 99.6 Å². The van der Waals surface area contributed by atoms with Gasteiger partial charge in [0.15, 0.2) is 5.82 Å². The Morgan fingerprint density at radius 3 is 1.73 bits per heavy atom. The zero-order chi connectivity index (χ0) is 36.7. The lowest BCUT2D eigenvalue weighted by molar-refractivity contribution is 0.660. The first-order chi connectivity index (χ1) is 27.0. The Morgan fingerprint density at radius 1 is 0.400 bits per heavy atom. The molecule has 2 heterocycles. The molecule has 0 radical (unpaired) electrons. The van der Waals surface area contributed by atoms with Gasteiger partial charge in [0.05, 0.1) is 11.4 Å². The normalized spacial score (nSPS) is 13.1. The van der Waals surface area contributed by atoms with Crippen LogP contribution < -0.4 is 0 Å². The third-order valence-electron chi connectivity index (χ3n) is 11.8. The molecule has 11 rings (SSSR count). The van der Waals surface area contributed by atoms with Gasteiger partial charge in [-0.2, -0.15) is 0 Å². The Hall–Kier alpha value is -6.97. The van der Waals surface area contributed by atoms with Gasteiger partial charge in [0.25, 0.3) is 0 Å². The Balaban J connectivity index is 1.03. The minimum atomic E-state index is -0.120. The smallest absolute Gasteiger partial charge is 0.160 e. The number of rotatable bonds is 5. The predicted molar refractivity (Wildman–Crippen MR) is 228 cm³/mol. The largest absolute Gasteiger partial charge is 0.264 e. The minimum absolute atomic E-state index is 0.120. The Labute approximate surface area is 320 Å². The van der Waals surface area contributed by atoms with E-state index in [9.17, 15) is 0 Å². The molecule has 0 aliphatic heterocycles. The number of hydrogen-bond acceptors (Lipinski definition) is 3. The fraction of sp³-hybridized carbons (Fsp3) is 0.0577. The van der Waals surface area contributed by atoms with Crippen LogP contribution in [0, 0.1) is 0 Å². The van der Waals surface area contributed by atoms with Crippen molar-refractivity contribution in [2.24, 2.45) is 0 Å². The van der Waals surface area contributed by atoms with Crippen LogP contribution in [-0.2, 0) is 5.41 Å². The number of nitrogens with zero attached hydrogens (tertiary/aromatic N) is 3. The van der Waals surface area contributed by atoms with Crippen LogP contribution in [0.4, 0.5) is 0 Å². The molecular formula is C52H35N3. The summed E-state index contributed by atoms with van der Waals surface area (Å²) in [4.78, 5) is 14.8. The van der Waals surface area contributed by atoms with Crippen molar-refractivity contribution in [2.45, 2.75) is 19.3 Å². The van der Waals surface area contributed by atoms with Gasteiger partial charge in [-0.05, 0) is 95.0 Å². The second-order valence-corrected chi connectivity index (χ2v) is 15.3. The van der Waals surface area contributed by atoms with E-state index in [4.69, 9.17) is 9.97 Å². The molecule has 0 N–H and O–H groups in total. The van der Waals surface area contributed by atoms with Gasteiger partial charge in [0.1, 0.15) is 0 Å². The van der Waals surface area contributed by atoms with Crippen LogP contribution in [0.5, 0.6) is 0 Å². The van der Waals surface area contributed by atoms with Crippen molar-refractivity contribution in [3.63, 3.8) is 0 Å². The highest BCUT2D eigenvalue weighted by Crippen LogP contribution is 2.49. The van der Waals surface area contributed by atoms with Crippen molar-refractivity contribution in [3.05, 3.63) is 187 Å². The van der Waals surface area contributed by atoms with Gasteiger partial charge in [-0.25, -0.2) is 9.97 Å². The molecule has 0 saturated heterocycles. The maximum Gasteiger partial charge on any atom is 0.160 e. The topological polar surface area (TPSA) is 38.7 Å². The maximum absolute atomic E-state index is 5.28. The fourth-order valence-corrected chi connectivity index (χ4v) is 8.89. The number of fused-ring (bicyclic) bond motifs is 3. The van der Waals surface area contributed by atoms with E-state index < -0.39 is 0 Å². The lowest BCUT2D eigenvalue weighted by Gasteiger charge is -2.21. The molecule has 0 spiro atoms. The first-order valence-corrected chi connectivity index (χ1v) is 18.9. The zero-order valence-corrected chi connectivity index (χ0v) is 30.6. The molecule has 2 aromatic heterocycles. The third kappa shape index (κ3) is 5.01. The van der Waals surface area contributed by atoms with Crippen LogP contribution in [0.2, 0.25) is 0 Å². The van der Waals surface area contributed by atoms with E-state index >= 15 is 0 Å². The van der Waals surface area contributed by atoms with Crippen molar-refractivity contribution in [1.82, 2.24) is 15.0 Å². The van der Waals surface area contributed by atoms with Crippen LogP contribution in [0.15, 0.2) is 176 Å². The van der Waals surface area contributed by atoms with Crippen LogP contribution in [0.3, 0.4) is 0 Å². The van der Waals surface area contributed by atoms with E-state index in [1.54, 1.807) is 6.20 Å². The molecule has 0 bridgehead atoms. The van der Waals surface area contributed by atoms with E-state index in [-0.39, 0.29) is 5.41 Å². The molecule has 10 aromatic rings. The van der Waals surface area contributed by atoms with E-state index in [2.05, 4.69) is 177 Å². The average Bonchev–Trinajstić information content (AvgIpc) is 3.48. The highest BCUT2D eigenvalue weighted by molar-refractivity contribution is 6.25. The standard InChI is InChI=1S/C52H35N3/c1-52(2)45-11-4-3-10-42(45)43-26-24-39(29-46(43)52)51-54-47(34-16-12-32(13-17-34)40-9-6-28-53-31-40)30-48(55-51)35-18-14-33(15-19-35)41-25-22-38-21-20-36-7-5-8-37-23-27-44(41)50(38)49(36)37/h3-31H,1-2H3. The van der Waals surface area contributed by atoms with Gasteiger partial charge < -0.3 is 0 Å². The van der Waals surface area contributed by atoms with Crippen molar-refractivity contribution >= 4 is 32.3 Å². The van der Waals surface area contributed by atoms with Crippen molar-refractivity contribution in [2.75, 3.05) is 0 Å². The van der Waals surface area contributed by atoms with Gasteiger partial charge in [-0.15, -0.1) is 0 Å².